The van der Waals surface area contributed by atoms with E-state index in [2.05, 4.69) is 10.00 Å². The second-order valence-corrected chi connectivity index (χ2v) is 10.8. The van der Waals surface area contributed by atoms with Gasteiger partial charge < -0.3 is 5.73 Å². The lowest BCUT2D eigenvalue weighted by molar-refractivity contribution is 0.0585. The number of likely N-dealkylation sites (N-methyl/N-ethyl adjacent to an activating group) is 1. The van der Waals surface area contributed by atoms with E-state index in [0.717, 1.165) is 27.5 Å². The Kier molecular flexibility index (Phi) is 4.73. The molecule has 5 rings (SSSR count). The molecule has 3 atom stereocenters. The highest BCUT2D eigenvalue weighted by Crippen LogP contribution is 2.36. The predicted molar refractivity (Wildman–Crippen MR) is 107 cm³/mol. The summed E-state index contributed by atoms with van der Waals surface area (Å²) in [6.45, 7) is 1.82. The molecule has 2 unspecified atom stereocenters. The first-order valence-corrected chi connectivity index (χ1v) is 11.7. The highest BCUT2D eigenvalue weighted by atomic mass is 32.2. The number of rotatable bonds is 4. The van der Waals surface area contributed by atoms with Crippen molar-refractivity contribution in [1.29, 1.82) is 0 Å². The SMILES string of the molecule is CN1CC(N2Cc3cn(S(=O)(=O)C4CC4)nc3C2)CC(N)[C@H]1c1cc(F)ccc1F. The smallest absolute Gasteiger partial charge is 0.256 e. The maximum absolute atomic E-state index is 14.3. The molecule has 1 aromatic heterocycles. The van der Waals surface area contributed by atoms with Gasteiger partial charge in [-0.25, -0.2) is 17.2 Å². The third-order valence-electron chi connectivity index (χ3n) is 6.51. The average Bonchev–Trinajstić information content (AvgIpc) is 3.35. The third kappa shape index (κ3) is 3.35. The highest BCUT2D eigenvalue weighted by molar-refractivity contribution is 7.90. The van der Waals surface area contributed by atoms with Crippen LogP contribution in [0.2, 0.25) is 0 Å². The van der Waals surface area contributed by atoms with Crippen molar-refractivity contribution < 1.29 is 17.2 Å². The molecule has 1 aromatic carbocycles. The lowest BCUT2D eigenvalue weighted by Crippen LogP contribution is -2.54. The van der Waals surface area contributed by atoms with Crippen molar-refractivity contribution in [2.45, 2.75) is 55.7 Å². The van der Waals surface area contributed by atoms with E-state index in [4.69, 9.17) is 5.73 Å². The van der Waals surface area contributed by atoms with E-state index in [9.17, 15) is 17.2 Å². The molecule has 2 aromatic rings. The molecule has 0 spiro atoms. The van der Waals surface area contributed by atoms with E-state index in [1.165, 1.54) is 6.07 Å². The van der Waals surface area contributed by atoms with Gasteiger partial charge >= 0.3 is 0 Å². The van der Waals surface area contributed by atoms with Crippen molar-refractivity contribution in [2.24, 2.45) is 5.73 Å². The van der Waals surface area contributed by atoms with Gasteiger partial charge in [-0.3, -0.25) is 9.80 Å². The van der Waals surface area contributed by atoms with Crippen LogP contribution in [0.3, 0.4) is 0 Å². The van der Waals surface area contributed by atoms with Gasteiger partial charge in [0, 0.05) is 49.0 Å². The Labute approximate surface area is 174 Å². The number of piperidine rings is 1. The molecule has 1 saturated carbocycles. The summed E-state index contributed by atoms with van der Waals surface area (Å²) in [5, 5.41) is 4.05. The molecule has 1 saturated heterocycles. The average molecular weight is 438 g/mol. The van der Waals surface area contributed by atoms with Gasteiger partial charge in [0.15, 0.2) is 0 Å². The van der Waals surface area contributed by atoms with Gasteiger partial charge in [-0.05, 0) is 44.5 Å². The molecule has 1 aliphatic carbocycles. The van der Waals surface area contributed by atoms with Gasteiger partial charge in [-0.2, -0.15) is 9.19 Å². The molecule has 3 heterocycles. The van der Waals surface area contributed by atoms with Crippen LogP contribution in [0.1, 0.15) is 42.1 Å². The van der Waals surface area contributed by atoms with Gasteiger partial charge in [0.1, 0.15) is 11.6 Å². The minimum absolute atomic E-state index is 0.126. The summed E-state index contributed by atoms with van der Waals surface area (Å²) < 4.78 is 53.9. The number of fused-ring (bicyclic) bond motifs is 1. The number of benzene rings is 1. The standard InChI is InChI=1S/C20H25F2N5O2S/c1-25-10-14(7-18(23)20(25)16-6-13(21)2-5-17(16)22)26-8-12-9-27(24-19(12)11-26)30(28,29)15-3-4-15/h2,5-6,9,14-15,18,20H,3-4,7-8,10-11,23H2,1H3/t14?,18?,20-/m1/s1. The Morgan fingerprint density at radius 1 is 1.20 bits per heavy atom. The minimum atomic E-state index is -3.36. The summed E-state index contributed by atoms with van der Waals surface area (Å²) in [6, 6.07) is 2.86. The lowest BCUT2D eigenvalue weighted by atomic mass is 9.88. The molecule has 2 aliphatic heterocycles. The van der Waals surface area contributed by atoms with Crippen LogP contribution in [-0.2, 0) is 23.1 Å². The van der Waals surface area contributed by atoms with E-state index in [0.29, 0.717) is 38.9 Å². The quantitative estimate of drug-likeness (QED) is 0.782. The molecule has 0 bridgehead atoms. The molecule has 7 nitrogen and oxygen atoms in total. The number of likely N-dealkylation sites (tertiary alicyclic amines) is 1. The number of aromatic nitrogens is 2. The summed E-state index contributed by atoms with van der Waals surface area (Å²) >= 11 is 0. The monoisotopic (exact) mass is 437 g/mol. The Morgan fingerprint density at radius 3 is 2.63 bits per heavy atom. The summed E-state index contributed by atoms with van der Waals surface area (Å²) in [6.07, 6.45) is 3.69. The van der Waals surface area contributed by atoms with Gasteiger partial charge in [0.2, 0.25) is 0 Å². The molecular weight excluding hydrogens is 412 g/mol. The second kappa shape index (κ2) is 7.08. The molecule has 2 fully saturated rings. The van der Waals surface area contributed by atoms with Gasteiger partial charge in [-0.15, -0.1) is 0 Å². The molecule has 0 amide bonds. The lowest BCUT2D eigenvalue weighted by Gasteiger charge is -2.44. The van der Waals surface area contributed by atoms with E-state index in [-0.39, 0.29) is 22.9 Å². The van der Waals surface area contributed by atoms with E-state index in [1.807, 2.05) is 11.9 Å². The van der Waals surface area contributed by atoms with Crippen molar-refractivity contribution in [3.63, 3.8) is 0 Å². The fourth-order valence-corrected chi connectivity index (χ4v) is 6.35. The molecule has 0 radical (unpaired) electrons. The first-order chi connectivity index (χ1) is 14.2. The van der Waals surface area contributed by atoms with Crippen molar-refractivity contribution in [1.82, 2.24) is 19.0 Å². The Hall–Kier alpha value is -1.88. The van der Waals surface area contributed by atoms with Crippen LogP contribution in [0.4, 0.5) is 8.78 Å². The zero-order valence-electron chi connectivity index (χ0n) is 16.7. The fourth-order valence-electron chi connectivity index (χ4n) is 4.82. The first kappa shape index (κ1) is 20.0. The predicted octanol–water partition coefficient (Wildman–Crippen LogP) is 1.59. The molecule has 30 heavy (non-hydrogen) atoms. The fraction of sp³-hybridized carbons (Fsp3) is 0.550. The van der Waals surface area contributed by atoms with E-state index in [1.54, 1.807) is 6.20 Å². The van der Waals surface area contributed by atoms with Gasteiger partial charge in [0.05, 0.1) is 17.0 Å². The number of hydrogen-bond acceptors (Lipinski definition) is 6. The number of hydrogen-bond donors (Lipinski definition) is 1. The van der Waals surface area contributed by atoms with E-state index >= 15 is 0 Å². The van der Waals surface area contributed by atoms with Crippen LogP contribution in [-0.4, -0.2) is 58.3 Å². The molecule has 10 heteroatoms. The third-order valence-corrected chi connectivity index (χ3v) is 8.53. The zero-order valence-corrected chi connectivity index (χ0v) is 17.5. The number of halogens is 2. The Balaban J connectivity index is 1.30. The molecular formula is C20H25F2N5O2S. The largest absolute Gasteiger partial charge is 0.326 e. The highest BCUT2D eigenvalue weighted by Gasteiger charge is 2.41. The zero-order chi connectivity index (χ0) is 21.2. The van der Waals surface area contributed by atoms with Crippen LogP contribution in [0.15, 0.2) is 24.4 Å². The van der Waals surface area contributed by atoms with Gasteiger partial charge in [0.25, 0.3) is 10.0 Å². The first-order valence-electron chi connectivity index (χ1n) is 10.2. The topological polar surface area (TPSA) is 84.5 Å². The van der Waals surface area contributed by atoms with Gasteiger partial charge in [-0.1, -0.05) is 0 Å². The van der Waals surface area contributed by atoms with Crippen molar-refractivity contribution in [3.05, 3.63) is 52.9 Å². The summed E-state index contributed by atoms with van der Waals surface area (Å²) in [7, 11) is -1.48. The molecule has 3 aliphatic rings. The van der Waals surface area contributed by atoms with Crippen molar-refractivity contribution >= 4 is 10.0 Å². The maximum atomic E-state index is 14.3. The van der Waals surface area contributed by atoms with Crippen molar-refractivity contribution in [2.75, 3.05) is 13.6 Å². The summed E-state index contributed by atoms with van der Waals surface area (Å²) in [5.74, 6) is -0.925. The van der Waals surface area contributed by atoms with Crippen LogP contribution in [0, 0.1) is 11.6 Å². The van der Waals surface area contributed by atoms with E-state index < -0.39 is 27.7 Å². The molecule has 162 valence electrons. The van der Waals surface area contributed by atoms with Crippen LogP contribution in [0.5, 0.6) is 0 Å². The van der Waals surface area contributed by atoms with Crippen LogP contribution >= 0.6 is 0 Å². The Bertz CT molecular complexity index is 1050. The number of nitrogens with zero attached hydrogens (tertiary/aromatic N) is 4. The number of nitrogens with two attached hydrogens (primary N) is 1. The maximum Gasteiger partial charge on any atom is 0.256 e. The minimum Gasteiger partial charge on any atom is -0.326 e. The molecule has 2 N–H and O–H groups in total. The van der Waals surface area contributed by atoms with Crippen LogP contribution < -0.4 is 5.73 Å². The normalized spacial score (nSPS) is 28.1. The van der Waals surface area contributed by atoms with Crippen molar-refractivity contribution in [3.8, 4) is 0 Å². The Morgan fingerprint density at radius 2 is 1.97 bits per heavy atom. The second-order valence-electron chi connectivity index (χ2n) is 8.73. The summed E-state index contributed by atoms with van der Waals surface area (Å²) in [5.41, 5.74) is 8.42. The summed E-state index contributed by atoms with van der Waals surface area (Å²) in [4.78, 5) is 4.21. The van der Waals surface area contributed by atoms with Crippen LogP contribution in [0.25, 0.3) is 0 Å².